The highest BCUT2D eigenvalue weighted by Crippen LogP contribution is 2.36. The number of anilines is 1. The summed E-state index contributed by atoms with van der Waals surface area (Å²) in [5.41, 5.74) is 1.87. The summed E-state index contributed by atoms with van der Waals surface area (Å²) in [6.45, 7) is 0.847. The Morgan fingerprint density at radius 2 is 1.67 bits per heavy atom. The second-order valence-corrected chi connectivity index (χ2v) is 7.89. The quantitative estimate of drug-likeness (QED) is 0.791. The van der Waals surface area contributed by atoms with Crippen LogP contribution in [-0.2, 0) is 6.54 Å². The van der Waals surface area contributed by atoms with E-state index in [1.54, 1.807) is 24.3 Å². The molecular formula is C21H23ClFN3O. The van der Waals surface area contributed by atoms with Crippen molar-refractivity contribution in [3.05, 3.63) is 64.9 Å². The molecule has 0 aliphatic carbocycles. The Morgan fingerprint density at radius 1 is 1.04 bits per heavy atom. The van der Waals surface area contributed by atoms with Gasteiger partial charge in [-0.05, 0) is 67.6 Å². The van der Waals surface area contributed by atoms with Crippen molar-refractivity contribution >= 4 is 23.3 Å². The molecule has 2 saturated heterocycles. The van der Waals surface area contributed by atoms with Crippen molar-refractivity contribution in [2.24, 2.45) is 0 Å². The van der Waals surface area contributed by atoms with Gasteiger partial charge in [-0.15, -0.1) is 0 Å². The predicted octanol–water partition coefficient (Wildman–Crippen LogP) is 4.80. The summed E-state index contributed by atoms with van der Waals surface area (Å²) in [5.74, 6) is -0.198. The van der Waals surface area contributed by atoms with Gasteiger partial charge in [0, 0.05) is 35.4 Å². The Balaban J connectivity index is 1.32. The molecule has 4 nitrogen and oxygen atoms in total. The van der Waals surface area contributed by atoms with E-state index in [-0.39, 0.29) is 17.9 Å². The number of hydrogen-bond acceptors (Lipinski definition) is 2. The summed E-state index contributed by atoms with van der Waals surface area (Å²) in [6, 6.07) is 14.8. The van der Waals surface area contributed by atoms with Crippen molar-refractivity contribution in [2.75, 3.05) is 5.32 Å². The van der Waals surface area contributed by atoms with Crippen molar-refractivity contribution < 1.29 is 9.18 Å². The molecule has 2 N–H and O–H groups in total. The summed E-state index contributed by atoms with van der Waals surface area (Å²) in [4.78, 5) is 14.8. The Kier molecular flexibility index (Phi) is 5.32. The average molecular weight is 388 g/mol. The minimum absolute atomic E-state index is 0.172. The van der Waals surface area contributed by atoms with E-state index in [2.05, 4.69) is 15.5 Å². The fourth-order valence-electron chi connectivity index (χ4n) is 4.34. The molecule has 2 aliphatic heterocycles. The van der Waals surface area contributed by atoms with E-state index < -0.39 is 0 Å². The van der Waals surface area contributed by atoms with Crippen LogP contribution in [0.2, 0.25) is 5.02 Å². The van der Waals surface area contributed by atoms with Crippen LogP contribution in [0.15, 0.2) is 48.5 Å². The highest BCUT2D eigenvalue weighted by molar-refractivity contribution is 6.30. The van der Waals surface area contributed by atoms with E-state index >= 15 is 0 Å². The average Bonchev–Trinajstić information content (AvgIpc) is 2.87. The van der Waals surface area contributed by atoms with Crippen LogP contribution in [0.3, 0.4) is 0 Å². The first-order valence-electron chi connectivity index (χ1n) is 9.40. The standard InChI is InChI=1S/C21H23ClFN3O/c22-15-3-7-17(8-4-15)24-21(27)25-18-11-19-9-10-20(12-18)26(19)13-14-1-5-16(23)6-2-14/h1-8,18-20H,9-13H2,(H2,24,25,27). The number of nitrogens with zero attached hydrogens (tertiary/aromatic N) is 1. The number of fused-ring (bicyclic) bond motifs is 2. The van der Waals surface area contributed by atoms with Gasteiger partial charge >= 0.3 is 6.03 Å². The monoisotopic (exact) mass is 387 g/mol. The highest BCUT2D eigenvalue weighted by atomic mass is 35.5. The summed E-state index contributed by atoms with van der Waals surface area (Å²) in [5, 5.41) is 6.62. The van der Waals surface area contributed by atoms with Crippen LogP contribution in [-0.4, -0.2) is 29.1 Å². The van der Waals surface area contributed by atoms with E-state index in [9.17, 15) is 9.18 Å². The zero-order chi connectivity index (χ0) is 18.8. The van der Waals surface area contributed by atoms with Crippen LogP contribution in [0.5, 0.6) is 0 Å². The van der Waals surface area contributed by atoms with Crippen molar-refractivity contribution in [3.63, 3.8) is 0 Å². The molecule has 6 heteroatoms. The largest absolute Gasteiger partial charge is 0.335 e. The third-order valence-corrected chi connectivity index (χ3v) is 5.85. The molecular weight excluding hydrogens is 365 g/mol. The number of carbonyl (C=O) groups is 1. The molecule has 142 valence electrons. The number of halogens is 2. The van der Waals surface area contributed by atoms with Crippen molar-refractivity contribution in [2.45, 2.75) is 50.4 Å². The van der Waals surface area contributed by atoms with Crippen LogP contribution >= 0.6 is 11.6 Å². The Morgan fingerprint density at radius 3 is 2.30 bits per heavy atom. The summed E-state index contributed by atoms with van der Waals surface area (Å²) < 4.78 is 13.1. The second kappa shape index (κ2) is 7.87. The minimum Gasteiger partial charge on any atom is -0.335 e. The molecule has 2 atom stereocenters. The maximum atomic E-state index is 13.1. The van der Waals surface area contributed by atoms with Crippen LogP contribution in [0.25, 0.3) is 0 Å². The fraction of sp³-hybridized carbons (Fsp3) is 0.381. The lowest BCUT2D eigenvalue weighted by Crippen LogP contribution is -2.50. The highest BCUT2D eigenvalue weighted by Gasteiger charge is 2.40. The molecule has 2 aliphatic rings. The van der Waals surface area contributed by atoms with E-state index in [0.29, 0.717) is 17.1 Å². The molecule has 27 heavy (non-hydrogen) atoms. The number of rotatable bonds is 4. The van der Waals surface area contributed by atoms with Gasteiger partial charge in [-0.1, -0.05) is 23.7 Å². The Bertz CT molecular complexity index is 782. The maximum absolute atomic E-state index is 13.1. The topological polar surface area (TPSA) is 44.4 Å². The summed E-state index contributed by atoms with van der Waals surface area (Å²) in [6.07, 6.45) is 4.21. The second-order valence-electron chi connectivity index (χ2n) is 7.46. The normalized spacial score (nSPS) is 24.6. The van der Waals surface area contributed by atoms with Gasteiger partial charge in [-0.25, -0.2) is 9.18 Å². The van der Waals surface area contributed by atoms with Gasteiger partial charge in [-0.3, -0.25) is 4.90 Å². The van der Waals surface area contributed by atoms with Gasteiger partial charge in [0.1, 0.15) is 5.82 Å². The lowest BCUT2D eigenvalue weighted by molar-refractivity contribution is 0.112. The van der Waals surface area contributed by atoms with Crippen LogP contribution in [0, 0.1) is 5.82 Å². The maximum Gasteiger partial charge on any atom is 0.319 e. The fourth-order valence-corrected chi connectivity index (χ4v) is 4.46. The lowest BCUT2D eigenvalue weighted by Gasteiger charge is -2.39. The SMILES string of the molecule is O=C(Nc1ccc(Cl)cc1)NC1CC2CCC(C1)N2Cc1ccc(F)cc1. The van der Waals surface area contributed by atoms with Gasteiger partial charge in [-0.2, -0.15) is 0 Å². The smallest absolute Gasteiger partial charge is 0.319 e. The summed E-state index contributed by atoms with van der Waals surface area (Å²) >= 11 is 5.87. The number of carbonyl (C=O) groups excluding carboxylic acids is 1. The molecule has 4 rings (SSSR count). The molecule has 0 radical (unpaired) electrons. The number of hydrogen-bond donors (Lipinski definition) is 2. The molecule has 2 aromatic rings. The number of piperidine rings is 1. The van der Waals surface area contributed by atoms with Crippen LogP contribution < -0.4 is 10.6 Å². The van der Waals surface area contributed by atoms with Gasteiger partial charge < -0.3 is 10.6 Å². The molecule has 2 heterocycles. The number of nitrogens with one attached hydrogen (secondary N) is 2. The number of benzene rings is 2. The molecule has 2 amide bonds. The Labute approximate surface area is 163 Å². The molecule has 2 fully saturated rings. The number of amides is 2. The third-order valence-electron chi connectivity index (χ3n) is 5.60. The van der Waals surface area contributed by atoms with E-state index in [4.69, 9.17) is 11.6 Å². The lowest BCUT2D eigenvalue weighted by atomic mass is 9.96. The van der Waals surface area contributed by atoms with Crippen molar-refractivity contribution in [1.29, 1.82) is 0 Å². The first kappa shape index (κ1) is 18.3. The van der Waals surface area contributed by atoms with Crippen LogP contribution in [0.1, 0.15) is 31.2 Å². The van der Waals surface area contributed by atoms with Gasteiger partial charge in [0.15, 0.2) is 0 Å². The predicted molar refractivity (Wildman–Crippen MR) is 105 cm³/mol. The first-order chi connectivity index (χ1) is 13.1. The number of urea groups is 1. The zero-order valence-electron chi connectivity index (χ0n) is 15.0. The molecule has 0 saturated carbocycles. The van der Waals surface area contributed by atoms with Gasteiger partial charge in [0.25, 0.3) is 0 Å². The summed E-state index contributed by atoms with van der Waals surface area (Å²) in [7, 11) is 0. The van der Waals surface area contributed by atoms with Crippen LogP contribution in [0.4, 0.5) is 14.9 Å². The molecule has 2 unspecified atom stereocenters. The zero-order valence-corrected chi connectivity index (χ0v) is 15.8. The Hall–Kier alpha value is -2.11. The van der Waals surface area contributed by atoms with Gasteiger partial charge in [0.05, 0.1) is 0 Å². The molecule has 2 aromatic carbocycles. The van der Waals surface area contributed by atoms with Gasteiger partial charge in [0.2, 0.25) is 0 Å². The molecule has 0 spiro atoms. The molecule has 0 aromatic heterocycles. The van der Waals surface area contributed by atoms with Crippen molar-refractivity contribution in [3.8, 4) is 0 Å². The van der Waals surface area contributed by atoms with E-state index in [1.165, 1.54) is 12.1 Å². The minimum atomic E-state index is -0.198. The first-order valence-corrected chi connectivity index (χ1v) is 9.78. The third kappa shape index (κ3) is 4.42. The van der Waals surface area contributed by atoms with E-state index in [0.717, 1.165) is 43.5 Å². The molecule has 2 bridgehead atoms. The van der Waals surface area contributed by atoms with Crippen molar-refractivity contribution in [1.82, 2.24) is 10.2 Å². The van der Waals surface area contributed by atoms with E-state index in [1.807, 2.05) is 12.1 Å².